The van der Waals surface area contributed by atoms with E-state index in [2.05, 4.69) is 34.6 Å². The molecule has 0 N–H and O–H groups in total. The summed E-state index contributed by atoms with van der Waals surface area (Å²) < 4.78 is 2.26. The topological polar surface area (TPSA) is 41.4 Å². The molecule has 0 bridgehead atoms. The van der Waals surface area contributed by atoms with E-state index in [9.17, 15) is 4.79 Å². The number of carbonyl (C=O) groups is 1. The summed E-state index contributed by atoms with van der Waals surface area (Å²) in [4.78, 5) is 22.8. The molecule has 1 aromatic heterocycles. The van der Waals surface area contributed by atoms with Crippen molar-refractivity contribution in [2.45, 2.75) is 18.4 Å². The van der Waals surface area contributed by atoms with E-state index in [1.54, 1.807) is 11.8 Å². The van der Waals surface area contributed by atoms with E-state index in [0.717, 1.165) is 49.1 Å². The van der Waals surface area contributed by atoms with Crippen LogP contribution >= 0.6 is 11.8 Å². The highest BCUT2D eigenvalue weighted by atomic mass is 32.2. The van der Waals surface area contributed by atoms with Crippen molar-refractivity contribution in [1.82, 2.24) is 14.5 Å². The molecule has 27 heavy (non-hydrogen) atoms. The van der Waals surface area contributed by atoms with Crippen LogP contribution in [0.3, 0.4) is 0 Å². The minimum Gasteiger partial charge on any atom is -0.339 e. The number of benzene rings is 2. The Labute approximate surface area is 164 Å². The maximum absolute atomic E-state index is 12.5. The zero-order chi connectivity index (χ0) is 18.6. The van der Waals surface area contributed by atoms with Crippen LogP contribution < -0.4 is 4.90 Å². The first-order valence-electron chi connectivity index (χ1n) is 9.42. The number of rotatable bonds is 5. The number of hydrogen-bond acceptors (Lipinski definition) is 4. The summed E-state index contributed by atoms with van der Waals surface area (Å²) in [5.41, 5.74) is 2.21. The number of hydrogen-bond donors (Lipinski definition) is 0. The van der Waals surface area contributed by atoms with Gasteiger partial charge in [-0.15, -0.1) is 11.8 Å². The summed E-state index contributed by atoms with van der Waals surface area (Å²) in [5, 5.41) is 0. The molecule has 1 fully saturated rings. The molecule has 5 nitrogen and oxygen atoms in total. The number of nitrogens with zero attached hydrogens (tertiary/aromatic N) is 4. The van der Waals surface area contributed by atoms with Crippen LogP contribution in [0.4, 0.5) is 5.95 Å². The van der Waals surface area contributed by atoms with E-state index in [1.807, 2.05) is 41.3 Å². The average molecular weight is 381 g/mol. The number of anilines is 1. The Bertz CT molecular complexity index is 916. The molecule has 0 radical (unpaired) electrons. The molecule has 140 valence electrons. The fourth-order valence-electron chi connectivity index (χ4n) is 3.52. The van der Waals surface area contributed by atoms with Crippen molar-refractivity contribution >= 4 is 34.7 Å². The highest BCUT2D eigenvalue weighted by Crippen LogP contribution is 2.24. The van der Waals surface area contributed by atoms with Crippen LogP contribution in [0, 0.1) is 0 Å². The van der Waals surface area contributed by atoms with E-state index in [0.29, 0.717) is 5.75 Å². The molecule has 3 aromatic rings. The summed E-state index contributed by atoms with van der Waals surface area (Å²) in [7, 11) is 0. The minimum absolute atomic E-state index is 0.215. The molecule has 0 saturated carbocycles. The number of fused-ring (bicyclic) bond motifs is 1. The fraction of sp³-hybridized carbons (Fsp3) is 0.333. The van der Waals surface area contributed by atoms with Gasteiger partial charge in [0.05, 0.1) is 16.8 Å². The Balaban J connectivity index is 1.38. The first-order valence-corrected chi connectivity index (χ1v) is 10.4. The van der Waals surface area contributed by atoms with Crippen molar-refractivity contribution in [3.8, 4) is 0 Å². The van der Waals surface area contributed by atoms with Gasteiger partial charge in [-0.25, -0.2) is 4.98 Å². The van der Waals surface area contributed by atoms with Gasteiger partial charge in [0, 0.05) is 37.6 Å². The van der Waals surface area contributed by atoms with Crippen LogP contribution in [0.25, 0.3) is 11.0 Å². The van der Waals surface area contributed by atoms with Crippen molar-refractivity contribution in [2.75, 3.05) is 36.8 Å². The Kier molecular flexibility index (Phi) is 5.34. The lowest BCUT2D eigenvalue weighted by molar-refractivity contribution is -0.128. The minimum atomic E-state index is 0.215. The molecule has 1 aliphatic rings. The van der Waals surface area contributed by atoms with Crippen molar-refractivity contribution in [3.63, 3.8) is 0 Å². The second kappa shape index (κ2) is 8.05. The van der Waals surface area contributed by atoms with Gasteiger partial charge < -0.3 is 14.4 Å². The highest BCUT2D eigenvalue weighted by Gasteiger charge is 2.24. The Morgan fingerprint density at radius 3 is 2.44 bits per heavy atom. The van der Waals surface area contributed by atoms with Gasteiger partial charge in [-0.1, -0.05) is 30.3 Å². The molecule has 2 heterocycles. The first kappa shape index (κ1) is 17.9. The number of thioether (sulfide) groups is 1. The maximum Gasteiger partial charge on any atom is 0.233 e. The normalized spacial score (nSPS) is 14.7. The number of imidazole rings is 1. The fourth-order valence-corrected chi connectivity index (χ4v) is 4.35. The SMILES string of the molecule is CCn1c(N2CCN(C(=O)CSc3ccccc3)CC2)nc2ccccc21. The van der Waals surface area contributed by atoms with Crippen molar-refractivity contribution < 1.29 is 4.79 Å². The van der Waals surface area contributed by atoms with E-state index < -0.39 is 0 Å². The Morgan fingerprint density at radius 2 is 1.70 bits per heavy atom. The zero-order valence-electron chi connectivity index (χ0n) is 15.5. The van der Waals surface area contributed by atoms with E-state index in [-0.39, 0.29) is 5.91 Å². The summed E-state index contributed by atoms with van der Waals surface area (Å²) in [6.45, 7) is 6.19. The van der Waals surface area contributed by atoms with Crippen molar-refractivity contribution in [3.05, 3.63) is 54.6 Å². The highest BCUT2D eigenvalue weighted by molar-refractivity contribution is 8.00. The second-order valence-electron chi connectivity index (χ2n) is 6.61. The smallest absolute Gasteiger partial charge is 0.233 e. The maximum atomic E-state index is 12.5. The van der Waals surface area contributed by atoms with Gasteiger partial charge >= 0.3 is 0 Å². The van der Waals surface area contributed by atoms with Gasteiger partial charge in [-0.05, 0) is 31.2 Å². The number of amides is 1. The van der Waals surface area contributed by atoms with Gasteiger partial charge in [0.25, 0.3) is 0 Å². The summed E-state index contributed by atoms with van der Waals surface area (Å²) in [6.07, 6.45) is 0. The zero-order valence-corrected chi connectivity index (χ0v) is 16.4. The quantitative estimate of drug-likeness (QED) is 0.636. The molecule has 0 unspecified atom stereocenters. The van der Waals surface area contributed by atoms with E-state index >= 15 is 0 Å². The molecule has 0 aliphatic carbocycles. The number of aromatic nitrogens is 2. The third-order valence-electron chi connectivity index (χ3n) is 4.97. The lowest BCUT2D eigenvalue weighted by Gasteiger charge is -2.35. The van der Waals surface area contributed by atoms with Gasteiger partial charge in [0.15, 0.2) is 0 Å². The number of piperazine rings is 1. The molecule has 6 heteroatoms. The monoisotopic (exact) mass is 380 g/mol. The predicted molar refractivity (Wildman–Crippen MR) is 111 cm³/mol. The molecule has 1 aliphatic heterocycles. The summed E-state index contributed by atoms with van der Waals surface area (Å²) in [6, 6.07) is 18.4. The predicted octanol–water partition coefficient (Wildman–Crippen LogP) is 3.50. The number of aryl methyl sites for hydroxylation is 1. The molecule has 1 saturated heterocycles. The average Bonchev–Trinajstić information content (AvgIpc) is 3.11. The van der Waals surface area contributed by atoms with Crippen molar-refractivity contribution in [1.29, 1.82) is 0 Å². The van der Waals surface area contributed by atoms with Gasteiger partial charge in [0.1, 0.15) is 0 Å². The molecule has 4 rings (SSSR count). The summed E-state index contributed by atoms with van der Waals surface area (Å²) in [5.74, 6) is 1.73. The van der Waals surface area contributed by atoms with Crippen LogP contribution in [0.5, 0.6) is 0 Å². The van der Waals surface area contributed by atoms with Crippen LogP contribution in [0.15, 0.2) is 59.5 Å². The van der Waals surface area contributed by atoms with E-state index in [4.69, 9.17) is 4.98 Å². The molecule has 1 amide bonds. The lowest BCUT2D eigenvalue weighted by atomic mass is 10.3. The lowest BCUT2D eigenvalue weighted by Crippen LogP contribution is -2.50. The van der Waals surface area contributed by atoms with Gasteiger partial charge in [0.2, 0.25) is 11.9 Å². The van der Waals surface area contributed by atoms with Gasteiger partial charge in [-0.2, -0.15) is 0 Å². The number of carbonyl (C=O) groups excluding carboxylic acids is 1. The van der Waals surface area contributed by atoms with E-state index in [1.165, 1.54) is 5.52 Å². The largest absolute Gasteiger partial charge is 0.339 e. The molecular formula is C21H24N4OS. The number of para-hydroxylation sites is 2. The molecular weight excluding hydrogens is 356 g/mol. The standard InChI is InChI=1S/C21H24N4OS/c1-2-25-19-11-7-6-10-18(19)22-21(25)24-14-12-23(13-15-24)20(26)16-27-17-8-4-3-5-9-17/h3-11H,2,12-16H2,1H3. The van der Waals surface area contributed by atoms with Crippen molar-refractivity contribution in [2.24, 2.45) is 0 Å². The van der Waals surface area contributed by atoms with Crippen LogP contribution in [0.1, 0.15) is 6.92 Å². The Morgan fingerprint density at radius 1 is 1.00 bits per heavy atom. The molecule has 2 aromatic carbocycles. The molecule has 0 atom stereocenters. The first-order chi connectivity index (χ1) is 13.3. The van der Waals surface area contributed by atoms with Crippen LogP contribution in [-0.4, -0.2) is 52.3 Å². The second-order valence-corrected chi connectivity index (χ2v) is 7.66. The van der Waals surface area contributed by atoms with Crippen LogP contribution in [0.2, 0.25) is 0 Å². The third-order valence-corrected chi connectivity index (χ3v) is 5.97. The van der Waals surface area contributed by atoms with Crippen LogP contribution in [-0.2, 0) is 11.3 Å². The Hall–Kier alpha value is -2.47. The third kappa shape index (κ3) is 3.81. The van der Waals surface area contributed by atoms with Gasteiger partial charge in [-0.3, -0.25) is 4.79 Å². The molecule has 0 spiro atoms. The summed E-state index contributed by atoms with van der Waals surface area (Å²) >= 11 is 1.61.